The molecule has 1 aromatic heterocycles. The average Bonchev–Trinajstić information content (AvgIpc) is 3.41. The highest BCUT2D eigenvalue weighted by atomic mass is 16.5. The van der Waals surface area contributed by atoms with Gasteiger partial charge in [0, 0.05) is 37.9 Å². The summed E-state index contributed by atoms with van der Waals surface area (Å²) in [6.07, 6.45) is 5.61. The Balaban J connectivity index is 1.40. The van der Waals surface area contributed by atoms with E-state index in [1.54, 1.807) is 0 Å². The van der Waals surface area contributed by atoms with Crippen LogP contribution in [0, 0.1) is 12.8 Å². The lowest BCUT2D eigenvalue weighted by Gasteiger charge is -2.34. The molecule has 3 aliphatic rings. The first-order chi connectivity index (χ1) is 18.3. The van der Waals surface area contributed by atoms with Crippen molar-refractivity contribution in [3.8, 4) is 11.1 Å². The molecule has 2 aliphatic heterocycles. The predicted octanol–water partition coefficient (Wildman–Crippen LogP) is 5.26. The van der Waals surface area contributed by atoms with E-state index in [-0.39, 0.29) is 12.1 Å². The molecule has 1 atom stereocenters. The van der Waals surface area contributed by atoms with Gasteiger partial charge >= 0.3 is 6.03 Å². The quantitative estimate of drug-likeness (QED) is 0.480. The zero-order chi connectivity index (χ0) is 26.7. The molecule has 2 aromatic rings. The molecular weight excluding hydrogens is 478 g/mol. The minimum Gasteiger partial charge on any atom is -0.390 e. The molecule has 8 nitrogen and oxygen atoms in total. The Morgan fingerprint density at radius 3 is 2.61 bits per heavy atom. The molecule has 1 saturated carbocycles. The summed E-state index contributed by atoms with van der Waals surface area (Å²) in [5, 5.41) is 17.2. The van der Waals surface area contributed by atoms with Crippen LogP contribution in [0.2, 0.25) is 0 Å². The molecular formula is C30H43N5O3. The van der Waals surface area contributed by atoms with Crippen molar-refractivity contribution in [3.05, 3.63) is 35.9 Å². The molecule has 2 saturated heterocycles. The summed E-state index contributed by atoms with van der Waals surface area (Å²) >= 11 is 0. The SMILES string of the molecule is CC[C@@H]1CCN(C(=O)Nc2ccc(C)c(-c3cc(N[C@H]4CC[C@](C)(O)CC4)nc(N4CCOCC4)c3)c2)C1. The van der Waals surface area contributed by atoms with E-state index in [1.165, 1.54) is 0 Å². The first-order valence-corrected chi connectivity index (χ1v) is 14.3. The number of aliphatic hydroxyl groups is 1. The van der Waals surface area contributed by atoms with Crippen LogP contribution in [0.25, 0.3) is 11.1 Å². The summed E-state index contributed by atoms with van der Waals surface area (Å²) in [5.74, 6) is 2.39. The predicted molar refractivity (Wildman–Crippen MR) is 153 cm³/mol. The lowest BCUT2D eigenvalue weighted by Crippen LogP contribution is -2.37. The van der Waals surface area contributed by atoms with Crippen molar-refractivity contribution in [2.24, 2.45) is 5.92 Å². The number of aryl methyl sites for hydroxylation is 1. The number of anilines is 3. The van der Waals surface area contributed by atoms with Gasteiger partial charge in [0.25, 0.3) is 0 Å². The zero-order valence-corrected chi connectivity index (χ0v) is 23.1. The second-order valence-corrected chi connectivity index (χ2v) is 11.6. The standard InChI is InChI=1S/C30H43N5O3/c1-4-22-9-12-35(20-22)29(36)32-25-6-5-21(2)26(19-25)23-17-27(31-24-7-10-30(3,37)11-8-24)33-28(18-23)34-13-15-38-16-14-34/h5-6,17-19,22,24,37H,4,7-16,20H2,1-3H3,(H,31,33)(H,32,36)/t22-,24-,30-/m1/s1. The molecule has 206 valence electrons. The number of nitrogens with one attached hydrogen (secondary N) is 2. The van der Waals surface area contributed by atoms with Gasteiger partial charge in [-0.1, -0.05) is 19.4 Å². The number of rotatable bonds is 6. The van der Waals surface area contributed by atoms with Crippen LogP contribution in [0.4, 0.5) is 22.1 Å². The molecule has 3 N–H and O–H groups in total. The molecule has 38 heavy (non-hydrogen) atoms. The van der Waals surface area contributed by atoms with Gasteiger partial charge < -0.3 is 30.3 Å². The van der Waals surface area contributed by atoms with Crippen molar-refractivity contribution in [1.82, 2.24) is 9.88 Å². The molecule has 0 unspecified atom stereocenters. The lowest BCUT2D eigenvalue weighted by atomic mass is 9.83. The molecule has 2 amide bonds. The van der Waals surface area contributed by atoms with E-state index in [2.05, 4.69) is 53.6 Å². The number of carbonyl (C=O) groups is 1. The van der Waals surface area contributed by atoms with E-state index in [0.29, 0.717) is 19.1 Å². The maximum atomic E-state index is 12.9. The van der Waals surface area contributed by atoms with Crippen LogP contribution in [0.1, 0.15) is 57.9 Å². The number of amides is 2. The summed E-state index contributed by atoms with van der Waals surface area (Å²) in [4.78, 5) is 22.2. The highest BCUT2D eigenvalue weighted by Crippen LogP contribution is 2.34. The second-order valence-electron chi connectivity index (χ2n) is 11.6. The Hall–Kier alpha value is -2.84. The fourth-order valence-corrected chi connectivity index (χ4v) is 5.86. The first kappa shape index (κ1) is 26.8. The zero-order valence-electron chi connectivity index (χ0n) is 23.1. The van der Waals surface area contributed by atoms with E-state index in [9.17, 15) is 9.90 Å². The fraction of sp³-hybridized carbons (Fsp3) is 0.600. The van der Waals surface area contributed by atoms with Gasteiger partial charge in [0.05, 0.1) is 18.8 Å². The highest BCUT2D eigenvalue weighted by Gasteiger charge is 2.29. The number of benzene rings is 1. The van der Waals surface area contributed by atoms with Gasteiger partial charge in [-0.3, -0.25) is 0 Å². The number of morpholine rings is 1. The van der Waals surface area contributed by atoms with Crippen molar-refractivity contribution in [2.75, 3.05) is 54.9 Å². The van der Waals surface area contributed by atoms with Crippen molar-refractivity contribution in [2.45, 2.75) is 70.9 Å². The molecule has 3 heterocycles. The largest absolute Gasteiger partial charge is 0.390 e. The van der Waals surface area contributed by atoms with E-state index >= 15 is 0 Å². The summed E-state index contributed by atoms with van der Waals surface area (Å²) in [6, 6.07) is 10.7. The monoisotopic (exact) mass is 521 g/mol. The van der Waals surface area contributed by atoms with Crippen LogP contribution in [0.5, 0.6) is 0 Å². The van der Waals surface area contributed by atoms with Crippen LogP contribution in [0.15, 0.2) is 30.3 Å². The molecule has 8 heteroatoms. The first-order valence-electron chi connectivity index (χ1n) is 14.3. The van der Waals surface area contributed by atoms with Crippen LogP contribution in [0.3, 0.4) is 0 Å². The minimum absolute atomic E-state index is 0.0185. The van der Waals surface area contributed by atoms with Gasteiger partial charge in [-0.2, -0.15) is 0 Å². The smallest absolute Gasteiger partial charge is 0.321 e. The van der Waals surface area contributed by atoms with Gasteiger partial charge in [0.1, 0.15) is 11.6 Å². The Morgan fingerprint density at radius 1 is 1.13 bits per heavy atom. The number of hydrogen-bond donors (Lipinski definition) is 3. The highest BCUT2D eigenvalue weighted by molar-refractivity contribution is 5.91. The number of ether oxygens (including phenoxy) is 1. The number of nitrogens with zero attached hydrogens (tertiary/aromatic N) is 3. The van der Waals surface area contributed by atoms with Gasteiger partial charge in [0.15, 0.2) is 0 Å². The number of aromatic nitrogens is 1. The minimum atomic E-state index is -0.569. The summed E-state index contributed by atoms with van der Waals surface area (Å²) in [5.41, 5.74) is 3.55. The number of likely N-dealkylation sites (tertiary alicyclic amines) is 1. The number of pyridine rings is 1. The summed E-state index contributed by atoms with van der Waals surface area (Å²) < 4.78 is 5.58. The molecule has 5 rings (SSSR count). The van der Waals surface area contributed by atoms with Crippen molar-refractivity contribution < 1.29 is 14.6 Å². The topological polar surface area (TPSA) is 90.0 Å². The maximum absolute atomic E-state index is 12.9. The van der Waals surface area contributed by atoms with Gasteiger partial charge in [-0.15, -0.1) is 0 Å². The molecule has 1 aromatic carbocycles. The van der Waals surface area contributed by atoms with Gasteiger partial charge in [-0.05, 0) is 92.8 Å². The molecule has 3 fully saturated rings. The number of urea groups is 1. The maximum Gasteiger partial charge on any atom is 0.321 e. The Morgan fingerprint density at radius 2 is 1.89 bits per heavy atom. The molecule has 0 bridgehead atoms. The molecule has 1 aliphatic carbocycles. The Kier molecular flexibility index (Phi) is 8.09. The van der Waals surface area contributed by atoms with Gasteiger partial charge in [-0.25, -0.2) is 9.78 Å². The third-order valence-electron chi connectivity index (χ3n) is 8.51. The van der Waals surface area contributed by atoms with E-state index in [0.717, 1.165) is 98.7 Å². The number of carbonyl (C=O) groups excluding carboxylic acids is 1. The van der Waals surface area contributed by atoms with Crippen LogP contribution in [-0.2, 0) is 4.74 Å². The van der Waals surface area contributed by atoms with Crippen LogP contribution in [-0.4, -0.2) is 72.1 Å². The van der Waals surface area contributed by atoms with E-state index < -0.39 is 5.60 Å². The van der Waals surface area contributed by atoms with E-state index in [4.69, 9.17) is 9.72 Å². The third-order valence-corrected chi connectivity index (χ3v) is 8.51. The van der Waals surface area contributed by atoms with Crippen LogP contribution >= 0.6 is 0 Å². The summed E-state index contributed by atoms with van der Waals surface area (Å²) in [7, 11) is 0. The normalized spacial score (nSPS) is 25.9. The van der Waals surface area contributed by atoms with Crippen molar-refractivity contribution >= 4 is 23.4 Å². The van der Waals surface area contributed by atoms with Crippen molar-refractivity contribution in [1.29, 1.82) is 0 Å². The summed E-state index contributed by atoms with van der Waals surface area (Å²) in [6.45, 7) is 10.9. The van der Waals surface area contributed by atoms with Crippen LogP contribution < -0.4 is 15.5 Å². The number of hydrogen-bond acceptors (Lipinski definition) is 6. The van der Waals surface area contributed by atoms with E-state index in [1.807, 2.05) is 17.9 Å². The third kappa shape index (κ3) is 6.41. The average molecular weight is 522 g/mol. The van der Waals surface area contributed by atoms with Gasteiger partial charge in [0.2, 0.25) is 0 Å². The fourth-order valence-electron chi connectivity index (χ4n) is 5.86. The van der Waals surface area contributed by atoms with Crippen molar-refractivity contribution in [3.63, 3.8) is 0 Å². The Bertz CT molecular complexity index is 1120. The second kappa shape index (κ2) is 11.5. The molecule has 0 radical (unpaired) electrons. The Labute approximate surface area is 226 Å². The lowest BCUT2D eigenvalue weighted by molar-refractivity contribution is 0.0196. The molecule has 0 spiro atoms.